The Hall–Kier alpha value is -4.85. The van der Waals surface area contributed by atoms with Crippen LogP contribution in [0.2, 0.25) is 0 Å². The molecule has 0 atom stereocenters. The number of aromatic nitrogens is 2. The number of carbonyl (C=O) groups is 1. The third-order valence-corrected chi connectivity index (χ3v) is 6.71. The highest BCUT2D eigenvalue weighted by Gasteiger charge is 2.19. The average molecular weight is 551 g/mol. The lowest BCUT2D eigenvalue weighted by Crippen LogP contribution is -2.45. The van der Waals surface area contributed by atoms with Crippen LogP contribution in [0.5, 0.6) is 5.75 Å². The first-order valence-corrected chi connectivity index (χ1v) is 13.9. The zero-order valence-corrected chi connectivity index (χ0v) is 24.2. The van der Waals surface area contributed by atoms with Crippen molar-refractivity contribution in [3.63, 3.8) is 0 Å². The fourth-order valence-electron chi connectivity index (χ4n) is 4.61. The number of nitrogens with zero attached hydrogens (tertiary/aromatic N) is 4. The van der Waals surface area contributed by atoms with E-state index >= 15 is 0 Å². The number of piperazine rings is 1. The molecule has 1 saturated heterocycles. The molecule has 2 N–H and O–H groups in total. The lowest BCUT2D eigenvalue weighted by Gasteiger charge is -2.38. The first kappa shape index (κ1) is 29.1. The highest BCUT2D eigenvalue weighted by molar-refractivity contribution is 5.88. The van der Waals surface area contributed by atoms with Crippen molar-refractivity contribution in [3.8, 4) is 17.0 Å². The van der Waals surface area contributed by atoms with E-state index in [0.29, 0.717) is 5.95 Å². The number of anilines is 4. The van der Waals surface area contributed by atoms with Crippen molar-refractivity contribution in [1.82, 2.24) is 14.9 Å². The van der Waals surface area contributed by atoms with Gasteiger partial charge >= 0.3 is 0 Å². The van der Waals surface area contributed by atoms with Crippen LogP contribution in [0.3, 0.4) is 0 Å². The summed E-state index contributed by atoms with van der Waals surface area (Å²) in [5, 5.41) is 6.08. The fraction of sp³-hybridized carbons (Fsp3) is 0.242. The molecule has 5 rings (SSSR count). The van der Waals surface area contributed by atoms with Crippen molar-refractivity contribution in [2.75, 3.05) is 48.8 Å². The van der Waals surface area contributed by atoms with Crippen molar-refractivity contribution in [3.05, 3.63) is 97.2 Å². The van der Waals surface area contributed by atoms with Crippen molar-refractivity contribution < 1.29 is 9.53 Å². The first-order valence-electron chi connectivity index (χ1n) is 13.9. The Morgan fingerprint density at radius 2 is 1.59 bits per heavy atom. The van der Waals surface area contributed by atoms with Gasteiger partial charge in [-0.15, -0.1) is 0 Å². The molecule has 8 heteroatoms. The van der Waals surface area contributed by atoms with Gasteiger partial charge in [0.25, 0.3) is 0 Å². The standard InChI is InChI=1S/C31H32N6O2.C2H6/c1-22(25-5-4-6-29(21-25)39-3)36-17-19-37(20-18-36)28-13-11-27(12-14-28)34-31-32-16-15-30(35-31)24-7-9-26(10-8-24)33-23(2)38;1-2/h4-16,21H,1,17-20H2,2-3H3,(H,33,38)(H,32,34,35);1-2H3. The molecule has 1 fully saturated rings. The molecule has 1 amide bonds. The number of carbonyl (C=O) groups excluding carboxylic acids is 1. The molecule has 1 aromatic heterocycles. The van der Waals surface area contributed by atoms with Crippen molar-refractivity contribution in [2.45, 2.75) is 20.8 Å². The van der Waals surface area contributed by atoms with Crippen LogP contribution in [0.4, 0.5) is 23.0 Å². The van der Waals surface area contributed by atoms with Crippen LogP contribution < -0.4 is 20.3 Å². The molecular weight excluding hydrogens is 512 g/mol. The minimum Gasteiger partial charge on any atom is -0.497 e. The molecule has 4 aromatic rings. The lowest BCUT2D eigenvalue weighted by molar-refractivity contribution is -0.114. The second kappa shape index (κ2) is 14.0. The molecule has 0 spiro atoms. The normalized spacial score (nSPS) is 12.6. The molecule has 0 bridgehead atoms. The average Bonchev–Trinajstić information content (AvgIpc) is 3.02. The zero-order valence-electron chi connectivity index (χ0n) is 24.2. The van der Waals surface area contributed by atoms with Gasteiger partial charge in [0.15, 0.2) is 0 Å². The Morgan fingerprint density at radius 3 is 2.24 bits per heavy atom. The SMILES string of the molecule is C=C(c1cccc(OC)c1)N1CCN(c2ccc(Nc3nccc(-c4ccc(NC(C)=O)cc4)n3)cc2)CC1.CC. The number of hydrogen-bond acceptors (Lipinski definition) is 7. The molecule has 8 nitrogen and oxygen atoms in total. The molecule has 0 unspecified atom stereocenters. The molecule has 0 aliphatic carbocycles. The van der Waals surface area contributed by atoms with Gasteiger partial charge in [0.05, 0.1) is 12.8 Å². The highest BCUT2D eigenvalue weighted by Crippen LogP contribution is 2.26. The topological polar surface area (TPSA) is 82.6 Å². The summed E-state index contributed by atoms with van der Waals surface area (Å²) in [5.74, 6) is 1.27. The number of rotatable bonds is 8. The Balaban J connectivity index is 0.00000189. The minimum absolute atomic E-state index is 0.0973. The quantitative estimate of drug-likeness (QED) is 0.253. The molecule has 2 heterocycles. The Bertz CT molecular complexity index is 1450. The number of ether oxygens (including phenoxy) is 1. The van der Waals surface area contributed by atoms with Gasteiger partial charge in [0.2, 0.25) is 11.9 Å². The number of amides is 1. The summed E-state index contributed by atoms with van der Waals surface area (Å²) in [6.45, 7) is 13.5. The molecule has 0 radical (unpaired) electrons. The van der Waals surface area contributed by atoms with Crippen LogP contribution >= 0.6 is 0 Å². The van der Waals surface area contributed by atoms with E-state index in [9.17, 15) is 4.79 Å². The van der Waals surface area contributed by atoms with E-state index in [1.165, 1.54) is 12.6 Å². The summed E-state index contributed by atoms with van der Waals surface area (Å²) < 4.78 is 5.36. The summed E-state index contributed by atoms with van der Waals surface area (Å²) in [6.07, 6.45) is 1.74. The Morgan fingerprint density at radius 1 is 0.902 bits per heavy atom. The van der Waals surface area contributed by atoms with Gasteiger partial charge in [-0.3, -0.25) is 4.79 Å². The van der Waals surface area contributed by atoms with Crippen LogP contribution in [0.25, 0.3) is 17.0 Å². The summed E-state index contributed by atoms with van der Waals surface area (Å²) >= 11 is 0. The van der Waals surface area contributed by atoms with Crippen LogP contribution in [0, 0.1) is 0 Å². The van der Waals surface area contributed by atoms with E-state index in [1.807, 2.05) is 62.4 Å². The van der Waals surface area contributed by atoms with E-state index < -0.39 is 0 Å². The van der Waals surface area contributed by atoms with Crippen LogP contribution in [0.1, 0.15) is 26.3 Å². The third-order valence-electron chi connectivity index (χ3n) is 6.71. The van der Waals surface area contributed by atoms with E-state index in [-0.39, 0.29) is 5.91 Å². The molecule has 3 aromatic carbocycles. The van der Waals surface area contributed by atoms with E-state index in [0.717, 1.165) is 65.8 Å². The van der Waals surface area contributed by atoms with Crippen molar-refractivity contribution in [2.24, 2.45) is 0 Å². The number of benzene rings is 3. The van der Waals surface area contributed by atoms with Crippen molar-refractivity contribution in [1.29, 1.82) is 0 Å². The molecule has 1 aliphatic rings. The monoisotopic (exact) mass is 550 g/mol. The number of methoxy groups -OCH3 is 1. The number of nitrogens with one attached hydrogen (secondary N) is 2. The molecule has 0 saturated carbocycles. The van der Waals surface area contributed by atoms with E-state index in [1.54, 1.807) is 13.3 Å². The van der Waals surface area contributed by atoms with Crippen LogP contribution in [-0.2, 0) is 4.79 Å². The molecular formula is C33H38N6O2. The summed E-state index contributed by atoms with van der Waals surface area (Å²) in [4.78, 5) is 25.0. The second-order valence-electron chi connectivity index (χ2n) is 9.35. The van der Waals surface area contributed by atoms with Gasteiger partial charge in [-0.25, -0.2) is 9.97 Å². The lowest BCUT2D eigenvalue weighted by atomic mass is 10.1. The minimum atomic E-state index is -0.0973. The Kier molecular flexibility index (Phi) is 9.94. The highest BCUT2D eigenvalue weighted by atomic mass is 16.5. The van der Waals surface area contributed by atoms with Gasteiger partial charge < -0.3 is 25.2 Å². The maximum absolute atomic E-state index is 11.3. The van der Waals surface area contributed by atoms with Crippen molar-refractivity contribution >= 4 is 34.6 Å². The molecule has 212 valence electrons. The fourth-order valence-corrected chi connectivity index (χ4v) is 4.61. The summed E-state index contributed by atoms with van der Waals surface area (Å²) in [5.41, 5.74) is 6.71. The smallest absolute Gasteiger partial charge is 0.227 e. The third kappa shape index (κ3) is 7.63. The second-order valence-corrected chi connectivity index (χ2v) is 9.35. The van der Waals surface area contributed by atoms with Crippen LogP contribution in [0.15, 0.2) is 91.6 Å². The van der Waals surface area contributed by atoms with E-state index in [4.69, 9.17) is 4.74 Å². The van der Waals surface area contributed by atoms with Crippen LogP contribution in [-0.4, -0.2) is 54.1 Å². The van der Waals surface area contributed by atoms with Gasteiger partial charge in [0, 0.05) is 73.2 Å². The molecule has 1 aliphatic heterocycles. The predicted molar refractivity (Wildman–Crippen MR) is 169 cm³/mol. The maximum atomic E-state index is 11.3. The Labute approximate surface area is 242 Å². The predicted octanol–water partition coefficient (Wildman–Crippen LogP) is 6.67. The summed E-state index contributed by atoms with van der Waals surface area (Å²) in [6, 6.07) is 25.8. The molecule has 41 heavy (non-hydrogen) atoms. The summed E-state index contributed by atoms with van der Waals surface area (Å²) in [7, 11) is 1.68. The van der Waals surface area contributed by atoms with Gasteiger partial charge in [0.1, 0.15) is 5.75 Å². The first-order chi connectivity index (χ1) is 20.0. The van der Waals surface area contributed by atoms with Gasteiger partial charge in [-0.2, -0.15) is 0 Å². The largest absolute Gasteiger partial charge is 0.497 e. The van der Waals surface area contributed by atoms with Gasteiger partial charge in [-0.1, -0.05) is 44.7 Å². The van der Waals surface area contributed by atoms with E-state index in [2.05, 4.69) is 67.3 Å². The zero-order chi connectivity index (χ0) is 29.2. The maximum Gasteiger partial charge on any atom is 0.227 e. The number of hydrogen-bond donors (Lipinski definition) is 2. The van der Waals surface area contributed by atoms with Gasteiger partial charge in [-0.05, 0) is 54.6 Å².